The van der Waals surface area contributed by atoms with E-state index in [1.54, 1.807) is 0 Å². The summed E-state index contributed by atoms with van der Waals surface area (Å²) >= 11 is -3.59. The van der Waals surface area contributed by atoms with Gasteiger partial charge in [-0.25, -0.2) is 0 Å². The van der Waals surface area contributed by atoms with E-state index in [2.05, 4.69) is 80.0 Å². The van der Waals surface area contributed by atoms with Gasteiger partial charge in [0.2, 0.25) is 0 Å². The molecule has 2 nitrogen and oxygen atoms in total. The van der Waals surface area contributed by atoms with Gasteiger partial charge in [-0.1, -0.05) is 0 Å². The molecule has 6 rings (SSSR count). The molecule has 1 heterocycles. The van der Waals surface area contributed by atoms with Crippen LogP contribution in [0, 0.1) is 41.5 Å². The fraction of sp³-hybridized carbons (Fsp3) is 0.650. The summed E-state index contributed by atoms with van der Waals surface area (Å²) in [5, 5.41) is 0. The number of nitrogens with zero attached hydrogens (tertiary/aromatic N) is 2. The molecule has 0 spiro atoms. The second kappa shape index (κ2) is 14.7. The second-order valence-electron chi connectivity index (χ2n) is 15.4. The zero-order valence-electron chi connectivity index (χ0n) is 29.6. The summed E-state index contributed by atoms with van der Waals surface area (Å²) in [7, 11) is 15.1. The van der Waals surface area contributed by atoms with Crippen molar-refractivity contribution in [3.63, 3.8) is 0 Å². The van der Waals surface area contributed by atoms with Crippen LogP contribution in [0.4, 0.5) is 11.4 Å². The van der Waals surface area contributed by atoms with Crippen molar-refractivity contribution in [1.29, 1.82) is 0 Å². The van der Waals surface area contributed by atoms with Crippen molar-refractivity contribution in [1.82, 2.24) is 0 Å². The Morgan fingerprint density at radius 3 is 1.15 bits per heavy atom. The summed E-state index contributed by atoms with van der Waals surface area (Å²) in [5.41, 5.74) is 13.2. The molecule has 0 bridgehead atoms. The minimum atomic E-state index is -3.59. The second-order valence-corrected chi connectivity index (χ2v) is 29.6. The van der Waals surface area contributed by atoms with Gasteiger partial charge in [0.05, 0.1) is 0 Å². The van der Waals surface area contributed by atoms with Gasteiger partial charge in [0.15, 0.2) is 0 Å². The maximum absolute atomic E-state index is 8.33. The number of hydrogen-bond donors (Lipinski definition) is 0. The van der Waals surface area contributed by atoms with Gasteiger partial charge < -0.3 is 0 Å². The number of rotatable bonds is 6. The summed E-state index contributed by atoms with van der Waals surface area (Å²) < 4.78 is 4.17. The van der Waals surface area contributed by atoms with Crippen LogP contribution in [0.15, 0.2) is 24.3 Å². The zero-order chi connectivity index (χ0) is 32.6. The molecule has 3 aliphatic carbocycles. The molecule has 3 saturated carbocycles. The van der Waals surface area contributed by atoms with Crippen LogP contribution in [0.2, 0.25) is 0 Å². The van der Waals surface area contributed by atoms with Gasteiger partial charge in [-0.05, 0) is 0 Å². The van der Waals surface area contributed by atoms with Gasteiger partial charge in [0, 0.05) is 0 Å². The standard InChI is InChI=1S/C21H26N2.C19H34P.2ClH.Ru/c1-14-9-16(3)20(17(4)10-14)22-7-8-23(13-22)21-18(5)11-15(2)12-19(21)6;1-20(17-11-5-2-6-12-17,18-13-7-3-8-14-18)19-15-9-4-10-16-19;;;/h9-12H,7-8H2,1-6H3;1,17-19H,2-16H2;2*1H;/q;+1;;;+2/p-2. The van der Waals surface area contributed by atoms with E-state index in [-0.39, 0.29) is 0 Å². The SMILES string of the molecule is Cc1cc(C)c(N2CCN(c3c(C)cc(C)cc3C)[C]2=[Ru]([Cl])([Cl])=[CH][P+](C2CCCCC2)(C2CCCCC2)C2CCCCC2)c(C)c1. The van der Waals surface area contributed by atoms with Crippen LogP contribution in [0.25, 0.3) is 0 Å². The molecule has 4 fully saturated rings. The van der Waals surface area contributed by atoms with Gasteiger partial charge in [-0.15, -0.1) is 0 Å². The van der Waals surface area contributed by atoms with Gasteiger partial charge in [-0.3, -0.25) is 0 Å². The number of aryl methyl sites for hydroxylation is 6. The molecular weight excluding hydrogens is 711 g/mol. The van der Waals surface area contributed by atoms with Gasteiger partial charge in [-0.2, -0.15) is 0 Å². The first-order chi connectivity index (χ1) is 22.0. The van der Waals surface area contributed by atoms with Crippen molar-refractivity contribution in [3.8, 4) is 0 Å². The Bertz CT molecular complexity index is 1370. The van der Waals surface area contributed by atoms with E-state index in [1.807, 2.05) is 0 Å². The Hall–Kier alpha value is -0.587. The summed E-state index contributed by atoms with van der Waals surface area (Å²) in [6.07, 6.45) is 21.1. The molecule has 0 aromatic heterocycles. The van der Waals surface area contributed by atoms with E-state index < -0.39 is 19.2 Å². The van der Waals surface area contributed by atoms with Crippen molar-refractivity contribution in [3.05, 3.63) is 57.6 Å². The predicted octanol–water partition coefficient (Wildman–Crippen LogP) is 12.2. The summed E-state index contributed by atoms with van der Waals surface area (Å²) in [4.78, 5) is 5.23. The van der Waals surface area contributed by atoms with Gasteiger partial charge >= 0.3 is 294 Å². The third-order valence-corrected chi connectivity index (χ3v) is 27.6. The van der Waals surface area contributed by atoms with E-state index in [4.69, 9.17) is 19.4 Å². The van der Waals surface area contributed by atoms with Crippen molar-refractivity contribution < 1.29 is 11.9 Å². The first-order valence-corrected chi connectivity index (χ1v) is 26.9. The predicted molar refractivity (Wildman–Crippen MR) is 206 cm³/mol. The Morgan fingerprint density at radius 2 is 0.848 bits per heavy atom. The van der Waals surface area contributed by atoms with Crippen LogP contribution in [0.3, 0.4) is 0 Å². The molecule has 0 N–H and O–H groups in total. The molecule has 46 heavy (non-hydrogen) atoms. The minimum absolute atomic E-state index is 0.833. The number of hydrogen-bond acceptors (Lipinski definition) is 2. The Morgan fingerprint density at radius 1 is 0.543 bits per heavy atom. The Balaban J connectivity index is 1.66. The average molecular weight is 772 g/mol. The molecule has 6 heteroatoms. The first kappa shape index (κ1) is 35.2. The summed E-state index contributed by atoms with van der Waals surface area (Å²) in [6.45, 7) is 15.5. The topological polar surface area (TPSA) is 6.48 Å². The molecule has 0 unspecified atom stereocenters. The number of benzene rings is 2. The molecule has 0 atom stereocenters. The third-order valence-electron chi connectivity index (χ3n) is 11.9. The van der Waals surface area contributed by atoms with Crippen LogP contribution < -0.4 is 9.80 Å². The summed E-state index contributed by atoms with van der Waals surface area (Å²) in [6, 6.07) is 9.42. The fourth-order valence-corrected chi connectivity index (χ4v) is 31.6. The summed E-state index contributed by atoms with van der Waals surface area (Å²) in [5.74, 6) is 0. The Labute approximate surface area is 292 Å². The van der Waals surface area contributed by atoms with E-state index in [0.717, 1.165) is 30.1 Å². The molecular formula is C40H60Cl2N2PRu+. The van der Waals surface area contributed by atoms with Crippen LogP contribution in [-0.4, -0.2) is 38.8 Å². The van der Waals surface area contributed by atoms with E-state index in [9.17, 15) is 0 Å². The van der Waals surface area contributed by atoms with Gasteiger partial charge in [0.25, 0.3) is 0 Å². The quantitative estimate of drug-likeness (QED) is 0.213. The van der Waals surface area contributed by atoms with Crippen molar-refractivity contribution in [2.75, 3.05) is 22.9 Å². The van der Waals surface area contributed by atoms with Crippen molar-refractivity contribution >= 4 is 46.7 Å². The number of halogens is 2. The normalized spacial score (nSPS) is 21.7. The molecule has 4 aliphatic rings. The van der Waals surface area contributed by atoms with Crippen LogP contribution in [0.5, 0.6) is 0 Å². The van der Waals surface area contributed by atoms with E-state index >= 15 is 0 Å². The van der Waals surface area contributed by atoms with Crippen LogP contribution >= 0.6 is 26.6 Å². The van der Waals surface area contributed by atoms with Crippen molar-refractivity contribution in [2.24, 2.45) is 0 Å². The third kappa shape index (κ3) is 6.90. The fourth-order valence-electron chi connectivity index (χ4n) is 10.3. The molecule has 256 valence electrons. The molecule has 1 aliphatic heterocycles. The molecule has 0 radical (unpaired) electrons. The molecule has 1 saturated heterocycles. The average Bonchev–Trinajstić information content (AvgIpc) is 3.45. The molecule has 2 aromatic carbocycles. The zero-order valence-corrected chi connectivity index (χ0v) is 33.7. The Kier molecular flexibility index (Phi) is 11.3. The maximum atomic E-state index is 8.33. The van der Waals surface area contributed by atoms with Gasteiger partial charge in [0.1, 0.15) is 0 Å². The van der Waals surface area contributed by atoms with Crippen molar-refractivity contribution in [2.45, 2.75) is 155 Å². The van der Waals surface area contributed by atoms with E-state index in [0.29, 0.717) is 0 Å². The number of anilines is 2. The molecule has 0 amide bonds. The molecule has 2 aromatic rings. The van der Waals surface area contributed by atoms with E-state index in [1.165, 1.54) is 145 Å². The monoisotopic (exact) mass is 771 g/mol. The first-order valence-electron chi connectivity index (χ1n) is 18.5. The van der Waals surface area contributed by atoms with Crippen LogP contribution in [-0.2, 0) is 11.9 Å². The van der Waals surface area contributed by atoms with Crippen LogP contribution in [0.1, 0.15) is 130 Å².